The second kappa shape index (κ2) is 7.28. The number of carbonyl (C=O) groups excluding carboxylic acids is 1. The lowest BCUT2D eigenvalue weighted by molar-refractivity contribution is 0.0949. The van der Waals surface area contributed by atoms with Crippen molar-refractivity contribution in [3.63, 3.8) is 0 Å². The molecule has 1 aromatic carbocycles. The van der Waals surface area contributed by atoms with Crippen molar-refractivity contribution in [2.75, 3.05) is 25.4 Å². The molecule has 6 heteroatoms. The van der Waals surface area contributed by atoms with Crippen molar-refractivity contribution in [1.82, 2.24) is 15.6 Å². The van der Waals surface area contributed by atoms with Crippen LogP contribution in [0.2, 0.25) is 0 Å². The van der Waals surface area contributed by atoms with Gasteiger partial charge in [-0.25, -0.2) is 4.98 Å². The molecule has 0 spiro atoms. The van der Waals surface area contributed by atoms with Gasteiger partial charge in [0.05, 0.1) is 0 Å². The third kappa shape index (κ3) is 4.10. The van der Waals surface area contributed by atoms with E-state index < -0.39 is 0 Å². The van der Waals surface area contributed by atoms with Crippen LogP contribution < -0.4 is 16.4 Å². The van der Waals surface area contributed by atoms with Crippen LogP contribution in [-0.2, 0) is 6.42 Å². The molecule has 4 N–H and O–H groups in total. The molecule has 6 nitrogen and oxygen atoms in total. The zero-order valence-corrected chi connectivity index (χ0v) is 13.0. The minimum absolute atomic E-state index is 0.190. The lowest BCUT2D eigenvalue weighted by Gasteiger charge is -2.19. The molecule has 23 heavy (non-hydrogen) atoms. The van der Waals surface area contributed by atoms with Gasteiger partial charge in [-0.3, -0.25) is 4.79 Å². The first-order valence-corrected chi connectivity index (χ1v) is 8.01. The zero-order chi connectivity index (χ0) is 16.1. The van der Waals surface area contributed by atoms with E-state index in [0.29, 0.717) is 24.0 Å². The molecule has 3 rings (SSSR count). The summed E-state index contributed by atoms with van der Waals surface area (Å²) in [6, 6.07) is 7.65. The van der Waals surface area contributed by atoms with E-state index >= 15 is 0 Å². The summed E-state index contributed by atoms with van der Waals surface area (Å²) in [6.07, 6.45) is 4.21. The number of amides is 1. The number of benzene rings is 1. The predicted octanol–water partition coefficient (Wildman–Crippen LogP) is 1.70. The fourth-order valence-corrected chi connectivity index (χ4v) is 2.74. The number of anilines is 1. The Morgan fingerprint density at radius 2 is 2.04 bits per heavy atom. The smallest absolute Gasteiger partial charge is 0.273 e. The number of nitrogen functional groups attached to an aromatic ring is 1. The van der Waals surface area contributed by atoms with Gasteiger partial charge in [0.25, 0.3) is 5.91 Å². The Kier molecular flexibility index (Phi) is 4.92. The van der Waals surface area contributed by atoms with Crippen LogP contribution >= 0.6 is 0 Å². The molecule has 1 saturated heterocycles. The maximum Gasteiger partial charge on any atom is 0.273 e. The number of rotatable bonds is 5. The van der Waals surface area contributed by atoms with Gasteiger partial charge in [-0.05, 0) is 50.0 Å². The molecule has 1 fully saturated rings. The lowest BCUT2D eigenvalue weighted by Crippen LogP contribution is -2.27. The summed E-state index contributed by atoms with van der Waals surface area (Å²) in [4.78, 5) is 16.5. The Labute approximate surface area is 135 Å². The molecule has 1 aliphatic heterocycles. The SMILES string of the molecule is Nc1ccc(CCNC(=O)c2coc(C3CCNCC3)n2)cc1. The maximum absolute atomic E-state index is 12.1. The fraction of sp³-hybridized carbons (Fsp3) is 0.412. The largest absolute Gasteiger partial charge is 0.448 e. The number of hydrogen-bond acceptors (Lipinski definition) is 5. The van der Waals surface area contributed by atoms with Gasteiger partial charge in [-0.15, -0.1) is 0 Å². The molecule has 0 radical (unpaired) electrons. The van der Waals surface area contributed by atoms with E-state index in [2.05, 4.69) is 15.6 Å². The average molecular weight is 314 g/mol. The number of oxazole rings is 1. The molecule has 1 aliphatic rings. The molecule has 2 heterocycles. The van der Waals surface area contributed by atoms with E-state index in [1.807, 2.05) is 24.3 Å². The molecule has 0 aliphatic carbocycles. The van der Waals surface area contributed by atoms with E-state index in [-0.39, 0.29) is 5.91 Å². The average Bonchev–Trinajstić information content (AvgIpc) is 3.07. The fourth-order valence-electron chi connectivity index (χ4n) is 2.74. The van der Waals surface area contributed by atoms with Gasteiger partial charge in [0.1, 0.15) is 6.26 Å². The summed E-state index contributed by atoms with van der Waals surface area (Å²) in [5, 5.41) is 6.18. The van der Waals surface area contributed by atoms with Crippen LogP contribution in [0.3, 0.4) is 0 Å². The summed E-state index contributed by atoms with van der Waals surface area (Å²) in [5.41, 5.74) is 7.88. The summed E-state index contributed by atoms with van der Waals surface area (Å²) in [5.74, 6) is 0.798. The third-order valence-corrected chi connectivity index (χ3v) is 4.12. The molecular weight excluding hydrogens is 292 g/mol. The highest BCUT2D eigenvalue weighted by atomic mass is 16.3. The minimum Gasteiger partial charge on any atom is -0.448 e. The van der Waals surface area contributed by atoms with Crippen LogP contribution in [0.25, 0.3) is 0 Å². The van der Waals surface area contributed by atoms with Crippen LogP contribution in [0, 0.1) is 0 Å². The summed E-state index contributed by atoms with van der Waals surface area (Å²) < 4.78 is 5.49. The number of nitrogens with two attached hydrogens (primary N) is 1. The number of nitrogens with zero attached hydrogens (tertiary/aromatic N) is 1. The molecule has 122 valence electrons. The molecule has 0 atom stereocenters. The molecule has 0 saturated carbocycles. The van der Waals surface area contributed by atoms with Gasteiger partial charge in [0.2, 0.25) is 0 Å². The Bertz CT molecular complexity index is 645. The predicted molar refractivity (Wildman–Crippen MR) is 88.2 cm³/mol. The highest BCUT2D eigenvalue weighted by Crippen LogP contribution is 2.24. The first-order chi connectivity index (χ1) is 11.2. The number of carbonyl (C=O) groups is 1. The van der Waals surface area contributed by atoms with Crippen molar-refractivity contribution in [1.29, 1.82) is 0 Å². The van der Waals surface area contributed by atoms with Gasteiger partial charge in [-0.1, -0.05) is 12.1 Å². The second-order valence-electron chi connectivity index (χ2n) is 5.84. The Morgan fingerprint density at radius 3 is 2.78 bits per heavy atom. The van der Waals surface area contributed by atoms with Crippen molar-refractivity contribution in [2.24, 2.45) is 0 Å². The second-order valence-corrected chi connectivity index (χ2v) is 5.84. The highest BCUT2D eigenvalue weighted by Gasteiger charge is 2.21. The molecule has 0 unspecified atom stereocenters. The Hall–Kier alpha value is -2.34. The Morgan fingerprint density at radius 1 is 1.30 bits per heavy atom. The van der Waals surface area contributed by atoms with E-state index in [9.17, 15) is 4.79 Å². The van der Waals surface area contributed by atoms with Crippen molar-refractivity contribution in [3.05, 3.63) is 47.7 Å². The lowest BCUT2D eigenvalue weighted by atomic mass is 9.98. The van der Waals surface area contributed by atoms with Gasteiger partial charge < -0.3 is 20.8 Å². The van der Waals surface area contributed by atoms with E-state index in [1.54, 1.807) is 0 Å². The van der Waals surface area contributed by atoms with Gasteiger partial charge >= 0.3 is 0 Å². The summed E-state index contributed by atoms with van der Waals surface area (Å²) in [6.45, 7) is 2.49. The summed E-state index contributed by atoms with van der Waals surface area (Å²) in [7, 11) is 0. The zero-order valence-electron chi connectivity index (χ0n) is 13.0. The van der Waals surface area contributed by atoms with Crippen LogP contribution in [0.1, 0.15) is 40.7 Å². The van der Waals surface area contributed by atoms with Gasteiger partial charge in [-0.2, -0.15) is 0 Å². The van der Waals surface area contributed by atoms with Crippen LogP contribution in [-0.4, -0.2) is 30.5 Å². The molecule has 1 amide bonds. The number of aromatic nitrogens is 1. The minimum atomic E-state index is -0.190. The highest BCUT2D eigenvalue weighted by molar-refractivity contribution is 5.91. The van der Waals surface area contributed by atoms with Gasteiger partial charge in [0.15, 0.2) is 11.6 Å². The topological polar surface area (TPSA) is 93.2 Å². The van der Waals surface area contributed by atoms with Crippen molar-refractivity contribution >= 4 is 11.6 Å². The molecule has 2 aromatic rings. The summed E-state index contributed by atoms with van der Waals surface area (Å²) >= 11 is 0. The molecular formula is C17H22N4O2. The Balaban J connectivity index is 1.50. The first kappa shape index (κ1) is 15.6. The standard InChI is InChI=1S/C17H22N4O2/c18-14-3-1-12(2-4-14)5-10-20-16(22)15-11-23-17(21-15)13-6-8-19-9-7-13/h1-4,11,13,19H,5-10,18H2,(H,20,22). The van der Waals surface area contributed by atoms with E-state index in [1.165, 1.54) is 6.26 Å². The number of hydrogen-bond donors (Lipinski definition) is 3. The quantitative estimate of drug-likeness (QED) is 0.730. The van der Waals surface area contributed by atoms with Gasteiger partial charge in [0, 0.05) is 18.2 Å². The van der Waals surface area contributed by atoms with Crippen molar-refractivity contribution < 1.29 is 9.21 Å². The van der Waals surface area contributed by atoms with Crippen LogP contribution in [0.15, 0.2) is 34.9 Å². The van der Waals surface area contributed by atoms with Crippen molar-refractivity contribution in [3.8, 4) is 0 Å². The number of nitrogens with one attached hydrogen (secondary N) is 2. The van der Waals surface area contributed by atoms with E-state index in [0.717, 1.165) is 43.6 Å². The monoisotopic (exact) mass is 314 g/mol. The molecule has 0 bridgehead atoms. The number of piperidine rings is 1. The van der Waals surface area contributed by atoms with E-state index in [4.69, 9.17) is 10.2 Å². The maximum atomic E-state index is 12.1. The van der Waals surface area contributed by atoms with Crippen molar-refractivity contribution in [2.45, 2.75) is 25.2 Å². The van der Waals surface area contributed by atoms with Crippen LogP contribution in [0.4, 0.5) is 5.69 Å². The molecule has 1 aromatic heterocycles. The third-order valence-electron chi connectivity index (χ3n) is 4.12. The normalized spacial score (nSPS) is 15.5. The first-order valence-electron chi connectivity index (χ1n) is 8.01. The van der Waals surface area contributed by atoms with Crippen LogP contribution in [0.5, 0.6) is 0 Å².